The fourth-order valence-corrected chi connectivity index (χ4v) is 9.39. The highest BCUT2D eigenvalue weighted by Crippen LogP contribution is 2.46. The topological polar surface area (TPSA) is 205 Å². The zero-order valence-electron chi connectivity index (χ0n) is 33.8. The summed E-state index contributed by atoms with van der Waals surface area (Å²) in [5.74, 6) is -2.61. The van der Waals surface area contributed by atoms with Crippen LogP contribution < -0.4 is 20.7 Å². The van der Waals surface area contributed by atoms with Crippen LogP contribution in [0.2, 0.25) is 0 Å². The molecule has 0 bridgehead atoms. The molecular formula is C40H59N7O10S. The van der Waals surface area contributed by atoms with Gasteiger partial charge < -0.3 is 35.1 Å². The molecule has 1 saturated carbocycles. The first kappa shape index (κ1) is 43.3. The Hall–Kier alpha value is -4.26. The quantitative estimate of drug-likeness (QED) is 0.266. The highest BCUT2D eigenvalue weighted by atomic mass is 32.2. The largest absolute Gasteiger partial charge is 0.444 e. The molecule has 18 heteroatoms. The predicted octanol–water partition coefficient (Wildman–Crippen LogP) is 2.50. The number of hydrogen-bond acceptors (Lipinski definition) is 11. The molecular weight excluding hydrogens is 771 g/mol. The Bertz CT molecular complexity index is 1780. The molecule has 6 rings (SSSR count). The van der Waals surface area contributed by atoms with Gasteiger partial charge in [-0.05, 0) is 64.9 Å². The Kier molecular flexibility index (Phi) is 14.0. The second-order valence-electron chi connectivity index (χ2n) is 16.9. The molecule has 4 heterocycles. The number of alkyl carbamates (subject to hydrolysis) is 2. The monoisotopic (exact) mass is 829 g/mol. The van der Waals surface area contributed by atoms with E-state index < -0.39 is 81.4 Å². The highest BCUT2D eigenvalue weighted by Gasteiger charge is 2.62. The van der Waals surface area contributed by atoms with Crippen molar-refractivity contribution in [2.75, 3.05) is 52.5 Å². The number of rotatable bonds is 9. The SMILES string of the molecule is CC(C)(C)OC(=O)NC1CCCCCC=CC2CC2(C(=O)NS(=O)(=O)N2CCCC2)NC(=O)C2CC(OC(=O)NC(CN3CCOCC3)c3ccccc3)CN2C1=O. The number of carbonyl (C=O) groups excluding carboxylic acids is 5. The Morgan fingerprint density at radius 1 is 0.983 bits per heavy atom. The third-order valence-electron chi connectivity index (χ3n) is 11.3. The number of benzene rings is 1. The van der Waals surface area contributed by atoms with Gasteiger partial charge in [0.2, 0.25) is 11.8 Å². The van der Waals surface area contributed by atoms with Gasteiger partial charge in [0.1, 0.15) is 29.3 Å². The first-order valence-electron chi connectivity index (χ1n) is 20.6. The van der Waals surface area contributed by atoms with Gasteiger partial charge in [-0.25, -0.2) is 14.3 Å². The van der Waals surface area contributed by atoms with E-state index in [0.717, 1.165) is 18.4 Å². The smallest absolute Gasteiger partial charge is 0.408 e. The second-order valence-corrected chi connectivity index (χ2v) is 18.5. The van der Waals surface area contributed by atoms with E-state index in [1.165, 1.54) is 9.21 Å². The summed E-state index contributed by atoms with van der Waals surface area (Å²) in [7, 11) is -4.16. The lowest BCUT2D eigenvalue weighted by atomic mass is 10.0. The van der Waals surface area contributed by atoms with E-state index in [0.29, 0.717) is 58.5 Å². The zero-order chi connectivity index (χ0) is 41.5. The van der Waals surface area contributed by atoms with Crippen LogP contribution in [0, 0.1) is 5.92 Å². The van der Waals surface area contributed by atoms with Crippen molar-refractivity contribution in [1.82, 2.24) is 34.8 Å². The molecule has 6 atom stereocenters. The van der Waals surface area contributed by atoms with E-state index in [9.17, 15) is 32.4 Å². The van der Waals surface area contributed by atoms with Gasteiger partial charge in [0, 0.05) is 45.1 Å². The fourth-order valence-electron chi connectivity index (χ4n) is 8.11. The third kappa shape index (κ3) is 11.3. The van der Waals surface area contributed by atoms with Crippen molar-refractivity contribution in [3.05, 3.63) is 48.0 Å². The number of nitrogens with one attached hydrogen (secondary N) is 4. The molecule has 4 aliphatic heterocycles. The Morgan fingerprint density at radius 2 is 1.71 bits per heavy atom. The summed E-state index contributed by atoms with van der Waals surface area (Å²) in [5, 5.41) is 8.54. The minimum atomic E-state index is -4.16. The van der Waals surface area contributed by atoms with Crippen molar-refractivity contribution in [1.29, 1.82) is 0 Å². The molecule has 4 N–H and O–H groups in total. The van der Waals surface area contributed by atoms with Crippen LogP contribution in [0.4, 0.5) is 9.59 Å². The maximum atomic E-state index is 14.5. The van der Waals surface area contributed by atoms with Gasteiger partial charge in [0.25, 0.3) is 5.91 Å². The molecule has 5 amide bonds. The molecule has 1 aromatic carbocycles. The van der Waals surface area contributed by atoms with Crippen LogP contribution in [-0.4, -0.2) is 134 Å². The van der Waals surface area contributed by atoms with Gasteiger partial charge in [0.15, 0.2) is 0 Å². The molecule has 0 aromatic heterocycles. The lowest BCUT2D eigenvalue weighted by molar-refractivity contribution is -0.141. The summed E-state index contributed by atoms with van der Waals surface area (Å²) >= 11 is 0. The van der Waals surface area contributed by atoms with Gasteiger partial charge in [-0.1, -0.05) is 55.3 Å². The van der Waals surface area contributed by atoms with E-state index in [1.54, 1.807) is 20.8 Å². The summed E-state index contributed by atoms with van der Waals surface area (Å²) in [5.41, 5.74) is -1.54. The van der Waals surface area contributed by atoms with Crippen molar-refractivity contribution >= 4 is 40.1 Å². The Morgan fingerprint density at radius 3 is 2.41 bits per heavy atom. The Balaban J connectivity index is 1.24. The number of hydrogen-bond donors (Lipinski definition) is 4. The van der Waals surface area contributed by atoms with E-state index >= 15 is 0 Å². The predicted molar refractivity (Wildman–Crippen MR) is 212 cm³/mol. The van der Waals surface area contributed by atoms with Gasteiger partial charge >= 0.3 is 22.4 Å². The molecule has 3 saturated heterocycles. The molecule has 6 unspecified atom stereocenters. The number of ether oxygens (including phenoxy) is 3. The third-order valence-corrected chi connectivity index (χ3v) is 12.8. The van der Waals surface area contributed by atoms with E-state index in [-0.39, 0.29) is 38.9 Å². The maximum absolute atomic E-state index is 14.5. The number of allylic oxidation sites excluding steroid dienone is 1. The van der Waals surface area contributed by atoms with Crippen LogP contribution in [0.25, 0.3) is 0 Å². The maximum Gasteiger partial charge on any atom is 0.408 e. The van der Waals surface area contributed by atoms with Crippen LogP contribution in [0.3, 0.4) is 0 Å². The van der Waals surface area contributed by atoms with Crippen molar-refractivity contribution in [3.8, 4) is 0 Å². The first-order chi connectivity index (χ1) is 27.6. The fraction of sp³-hybridized carbons (Fsp3) is 0.675. The minimum Gasteiger partial charge on any atom is -0.444 e. The van der Waals surface area contributed by atoms with Crippen molar-refractivity contribution in [3.63, 3.8) is 0 Å². The summed E-state index contributed by atoms with van der Waals surface area (Å²) < 4.78 is 46.8. The van der Waals surface area contributed by atoms with Gasteiger partial charge in [-0.3, -0.25) is 19.3 Å². The highest BCUT2D eigenvalue weighted by molar-refractivity contribution is 7.87. The van der Waals surface area contributed by atoms with Crippen LogP contribution in [0.1, 0.15) is 90.2 Å². The van der Waals surface area contributed by atoms with Crippen LogP contribution in [0.15, 0.2) is 42.5 Å². The Labute approximate surface area is 341 Å². The van der Waals surface area contributed by atoms with Crippen LogP contribution in [-0.2, 0) is 38.8 Å². The number of carbonyl (C=O) groups is 5. The second kappa shape index (κ2) is 18.8. The van der Waals surface area contributed by atoms with Crippen molar-refractivity contribution in [2.24, 2.45) is 5.92 Å². The molecule has 17 nitrogen and oxygen atoms in total. The molecule has 1 aromatic rings. The van der Waals surface area contributed by atoms with E-state index in [4.69, 9.17) is 14.2 Å². The van der Waals surface area contributed by atoms with E-state index in [1.807, 2.05) is 42.5 Å². The lowest BCUT2D eigenvalue weighted by Gasteiger charge is -2.31. The molecule has 1 aliphatic carbocycles. The van der Waals surface area contributed by atoms with E-state index in [2.05, 4.69) is 25.6 Å². The molecule has 320 valence electrons. The first-order valence-corrected chi connectivity index (χ1v) is 22.0. The van der Waals surface area contributed by atoms with Gasteiger partial charge in [-0.2, -0.15) is 12.7 Å². The number of fused-ring (bicyclic) bond motifs is 2. The average Bonchev–Trinajstić information content (AvgIpc) is 3.47. The molecule has 4 fully saturated rings. The summed E-state index contributed by atoms with van der Waals surface area (Å²) in [6, 6.07) is 6.78. The van der Waals surface area contributed by atoms with Crippen molar-refractivity contribution in [2.45, 2.75) is 114 Å². The molecule has 0 radical (unpaired) electrons. The zero-order valence-corrected chi connectivity index (χ0v) is 34.6. The minimum absolute atomic E-state index is 0.103. The number of amides is 5. The van der Waals surface area contributed by atoms with Crippen LogP contribution in [0.5, 0.6) is 0 Å². The summed E-state index contributed by atoms with van der Waals surface area (Å²) in [6.07, 6.45) is 5.73. The summed E-state index contributed by atoms with van der Waals surface area (Å²) in [6.45, 7) is 8.63. The van der Waals surface area contributed by atoms with Gasteiger partial charge in [0.05, 0.1) is 25.8 Å². The lowest BCUT2D eigenvalue weighted by Crippen LogP contribution is -2.59. The summed E-state index contributed by atoms with van der Waals surface area (Å²) in [4.78, 5) is 73.0. The molecule has 58 heavy (non-hydrogen) atoms. The number of nitrogens with zero attached hydrogens (tertiary/aromatic N) is 3. The van der Waals surface area contributed by atoms with Gasteiger partial charge in [-0.15, -0.1) is 0 Å². The average molecular weight is 830 g/mol. The normalized spacial score (nSPS) is 28.2. The van der Waals surface area contributed by atoms with Crippen LogP contribution >= 0.6 is 0 Å². The van der Waals surface area contributed by atoms with Crippen molar-refractivity contribution < 1.29 is 46.6 Å². The number of morpholine rings is 1. The standard InChI is InChI=1S/C40H59N7O10S/c1-39(2,3)57-38(52)41-31-17-11-6-4-5-10-16-29-25-40(29,36(50)44-58(53,54)46-18-12-13-19-46)43-34(48)33-24-30(26-47(33)35(31)49)56-37(51)42-32(28-14-8-7-9-15-28)27-45-20-22-55-23-21-45/h7-10,14-16,29-33H,4-6,11-13,17-27H2,1-3H3,(H,41,52)(H,42,51)(H,43,48)(H,44,50). The molecule has 0 spiro atoms. The molecule has 5 aliphatic rings.